The summed E-state index contributed by atoms with van der Waals surface area (Å²) in [6, 6.07) is 5.81. The van der Waals surface area contributed by atoms with Crippen LogP contribution in [0.5, 0.6) is 0 Å². The molecule has 7 nitrogen and oxygen atoms in total. The lowest BCUT2D eigenvalue weighted by Gasteiger charge is -2.25. The number of rotatable bonds is 7. The highest BCUT2D eigenvalue weighted by Crippen LogP contribution is 2.16. The second kappa shape index (κ2) is 9.41. The van der Waals surface area contributed by atoms with Gasteiger partial charge in [0.1, 0.15) is 5.69 Å². The molecule has 1 N–H and O–H groups in total. The highest BCUT2D eigenvalue weighted by molar-refractivity contribution is 5.93. The molecule has 28 heavy (non-hydrogen) atoms. The number of aromatic nitrogens is 2. The van der Waals surface area contributed by atoms with Crippen molar-refractivity contribution in [3.63, 3.8) is 0 Å². The van der Waals surface area contributed by atoms with E-state index in [2.05, 4.69) is 15.3 Å². The van der Waals surface area contributed by atoms with Gasteiger partial charge in [-0.2, -0.15) is 0 Å². The van der Waals surface area contributed by atoms with Crippen LogP contribution in [-0.2, 0) is 9.53 Å². The van der Waals surface area contributed by atoms with Crippen molar-refractivity contribution in [2.45, 2.75) is 39.2 Å². The van der Waals surface area contributed by atoms with Gasteiger partial charge in [0.15, 0.2) is 0 Å². The van der Waals surface area contributed by atoms with Gasteiger partial charge in [-0.3, -0.25) is 14.6 Å². The Bertz CT molecular complexity index is 820. The number of carbonyl (C=O) groups is 2. The number of benzene rings is 1. The predicted octanol–water partition coefficient (Wildman–Crippen LogP) is 2.74. The average Bonchev–Trinajstić information content (AvgIpc) is 3.21. The third-order valence-electron chi connectivity index (χ3n) is 4.92. The molecule has 0 radical (unpaired) electrons. The lowest BCUT2D eigenvalue weighted by molar-refractivity contribution is -0.116. The molecular weight excluding hydrogens is 356 g/mol. The maximum atomic E-state index is 12.8. The van der Waals surface area contributed by atoms with Gasteiger partial charge in [0, 0.05) is 44.2 Å². The minimum Gasteiger partial charge on any atom is -0.376 e. The van der Waals surface area contributed by atoms with Crippen LogP contribution in [0.25, 0.3) is 0 Å². The molecule has 1 atom stereocenters. The summed E-state index contributed by atoms with van der Waals surface area (Å²) in [4.78, 5) is 34.9. The molecule has 1 aromatic heterocycles. The number of ether oxygens (including phenoxy) is 1. The van der Waals surface area contributed by atoms with Gasteiger partial charge in [0.05, 0.1) is 12.3 Å². The van der Waals surface area contributed by atoms with Gasteiger partial charge < -0.3 is 15.0 Å². The normalized spacial score (nSPS) is 16.0. The van der Waals surface area contributed by atoms with Gasteiger partial charge in [-0.25, -0.2) is 4.98 Å². The zero-order chi connectivity index (χ0) is 19.9. The molecule has 1 aliphatic rings. The fourth-order valence-corrected chi connectivity index (χ4v) is 3.16. The van der Waals surface area contributed by atoms with E-state index in [1.54, 1.807) is 4.90 Å². The number of hydrogen-bond acceptors (Lipinski definition) is 5. The summed E-state index contributed by atoms with van der Waals surface area (Å²) < 4.78 is 5.67. The Morgan fingerprint density at radius 3 is 2.79 bits per heavy atom. The molecule has 1 aliphatic heterocycles. The Morgan fingerprint density at radius 1 is 1.25 bits per heavy atom. The van der Waals surface area contributed by atoms with Crippen molar-refractivity contribution in [1.82, 2.24) is 14.9 Å². The Hall–Kier alpha value is -2.80. The molecule has 2 heterocycles. The summed E-state index contributed by atoms with van der Waals surface area (Å²) >= 11 is 0. The lowest BCUT2D eigenvalue weighted by Crippen LogP contribution is -2.39. The third-order valence-corrected chi connectivity index (χ3v) is 4.92. The molecule has 3 rings (SSSR count). The largest absolute Gasteiger partial charge is 0.376 e. The standard InChI is InChI=1S/C21H26N4O3/c1-15-5-6-17(12-16(15)2)24-20(26)7-10-25(14-18-4-3-11-28-18)21(27)19-13-22-8-9-23-19/h5-6,8-9,12-13,18H,3-4,7,10-11,14H2,1-2H3,(H,24,26). The third kappa shape index (κ3) is 5.36. The molecule has 1 unspecified atom stereocenters. The number of hydrogen-bond donors (Lipinski definition) is 1. The van der Waals surface area contributed by atoms with Crippen LogP contribution in [0.3, 0.4) is 0 Å². The number of amides is 2. The van der Waals surface area contributed by atoms with E-state index < -0.39 is 0 Å². The zero-order valence-corrected chi connectivity index (χ0v) is 16.4. The number of anilines is 1. The van der Waals surface area contributed by atoms with Crippen molar-refractivity contribution in [1.29, 1.82) is 0 Å². The van der Waals surface area contributed by atoms with Gasteiger partial charge in [-0.05, 0) is 49.9 Å². The first-order valence-electron chi connectivity index (χ1n) is 9.57. The SMILES string of the molecule is Cc1ccc(NC(=O)CCN(CC2CCCO2)C(=O)c2cnccn2)cc1C. The molecule has 0 bridgehead atoms. The fraction of sp³-hybridized carbons (Fsp3) is 0.429. The van der Waals surface area contributed by atoms with E-state index in [0.29, 0.717) is 19.7 Å². The Kier molecular flexibility index (Phi) is 6.71. The second-order valence-electron chi connectivity index (χ2n) is 7.07. The zero-order valence-electron chi connectivity index (χ0n) is 16.4. The van der Waals surface area contributed by atoms with Crippen molar-refractivity contribution in [2.24, 2.45) is 0 Å². The molecule has 1 fully saturated rings. The second-order valence-corrected chi connectivity index (χ2v) is 7.07. The summed E-state index contributed by atoms with van der Waals surface area (Å²) in [5.74, 6) is -0.366. The number of aryl methyl sites for hydroxylation is 2. The first kappa shape index (κ1) is 19.9. The van der Waals surface area contributed by atoms with Crippen LogP contribution < -0.4 is 5.32 Å². The number of nitrogens with zero attached hydrogens (tertiary/aromatic N) is 3. The summed E-state index contributed by atoms with van der Waals surface area (Å²) in [7, 11) is 0. The lowest BCUT2D eigenvalue weighted by atomic mass is 10.1. The predicted molar refractivity (Wildman–Crippen MR) is 106 cm³/mol. The van der Waals surface area contributed by atoms with Crippen molar-refractivity contribution >= 4 is 17.5 Å². The van der Waals surface area contributed by atoms with Gasteiger partial charge >= 0.3 is 0 Å². The van der Waals surface area contributed by atoms with Crippen LogP contribution in [0.1, 0.15) is 40.9 Å². The van der Waals surface area contributed by atoms with Gasteiger partial charge in [0.25, 0.3) is 5.91 Å². The van der Waals surface area contributed by atoms with Crippen LogP contribution in [0.2, 0.25) is 0 Å². The van der Waals surface area contributed by atoms with Crippen molar-refractivity contribution in [2.75, 3.05) is 25.0 Å². The van der Waals surface area contributed by atoms with Crippen molar-refractivity contribution < 1.29 is 14.3 Å². The topological polar surface area (TPSA) is 84.4 Å². The summed E-state index contributed by atoms with van der Waals surface area (Å²) in [5.41, 5.74) is 3.33. The van der Waals surface area contributed by atoms with E-state index >= 15 is 0 Å². The van der Waals surface area contributed by atoms with Gasteiger partial charge in [-0.1, -0.05) is 6.07 Å². The molecule has 7 heteroatoms. The number of carbonyl (C=O) groups excluding carboxylic acids is 2. The minimum absolute atomic E-state index is 0.00318. The summed E-state index contributed by atoms with van der Waals surface area (Å²) in [6.45, 7) is 5.50. The van der Waals surface area contributed by atoms with Crippen LogP contribution in [0.15, 0.2) is 36.8 Å². The van der Waals surface area contributed by atoms with Crippen LogP contribution in [0, 0.1) is 13.8 Å². The monoisotopic (exact) mass is 382 g/mol. The first-order valence-corrected chi connectivity index (χ1v) is 9.57. The summed E-state index contributed by atoms with van der Waals surface area (Å²) in [6.07, 6.45) is 6.57. The maximum absolute atomic E-state index is 12.8. The van der Waals surface area contributed by atoms with E-state index in [-0.39, 0.29) is 30.0 Å². The fourth-order valence-electron chi connectivity index (χ4n) is 3.16. The van der Waals surface area contributed by atoms with Crippen molar-refractivity contribution in [3.8, 4) is 0 Å². The molecule has 0 spiro atoms. The molecule has 148 valence electrons. The van der Waals surface area contributed by atoms with E-state index in [9.17, 15) is 9.59 Å². The van der Waals surface area contributed by atoms with E-state index in [4.69, 9.17) is 4.74 Å². The summed E-state index contributed by atoms with van der Waals surface area (Å²) in [5, 5.41) is 2.90. The maximum Gasteiger partial charge on any atom is 0.274 e. The smallest absolute Gasteiger partial charge is 0.274 e. The van der Waals surface area contributed by atoms with E-state index in [0.717, 1.165) is 24.1 Å². The minimum atomic E-state index is -0.234. The van der Waals surface area contributed by atoms with Crippen LogP contribution in [-0.4, -0.2) is 52.5 Å². The Morgan fingerprint density at radius 2 is 2.11 bits per heavy atom. The quantitative estimate of drug-likeness (QED) is 0.796. The molecule has 0 saturated carbocycles. The highest BCUT2D eigenvalue weighted by atomic mass is 16.5. The molecule has 0 aliphatic carbocycles. The van der Waals surface area contributed by atoms with Crippen LogP contribution >= 0.6 is 0 Å². The first-order chi connectivity index (χ1) is 13.5. The molecular formula is C21H26N4O3. The molecule has 2 amide bonds. The van der Waals surface area contributed by atoms with Crippen LogP contribution in [0.4, 0.5) is 5.69 Å². The Balaban J connectivity index is 1.62. The number of nitrogens with one attached hydrogen (secondary N) is 1. The Labute approximate surface area is 165 Å². The van der Waals surface area contributed by atoms with Gasteiger partial charge in [-0.15, -0.1) is 0 Å². The molecule has 1 saturated heterocycles. The molecule has 2 aromatic rings. The van der Waals surface area contributed by atoms with E-state index in [1.165, 1.54) is 24.2 Å². The van der Waals surface area contributed by atoms with E-state index in [1.807, 2.05) is 32.0 Å². The van der Waals surface area contributed by atoms with Gasteiger partial charge in [0.2, 0.25) is 5.91 Å². The highest BCUT2D eigenvalue weighted by Gasteiger charge is 2.24. The molecule has 1 aromatic carbocycles. The average molecular weight is 382 g/mol. The van der Waals surface area contributed by atoms with Crippen molar-refractivity contribution in [3.05, 3.63) is 53.6 Å².